The molecule has 1 N–H and O–H groups in total. The molecule has 7 heteroatoms. The summed E-state index contributed by atoms with van der Waals surface area (Å²) in [6.07, 6.45) is 0.730. The summed E-state index contributed by atoms with van der Waals surface area (Å²) in [5.41, 5.74) is 3.38. The lowest BCUT2D eigenvalue weighted by molar-refractivity contribution is -0.127. The second-order valence-electron chi connectivity index (χ2n) is 5.66. The molecule has 2 aromatic carbocycles. The molecule has 0 spiro atoms. The first-order valence-electron chi connectivity index (χ1n) is 8.12. The number of rotatable bonds is 6. The molecule has 138 valence electrons. The molecule has 1 amide bonds. The smallest absolute Gasteiger partial charge is 0.280 e. The van der Waals surface area contributed by atoms with Crippen molar-refractivity contribution in [2.45, 2.75) is 13.0 Å². The average Bonchev–Trinajstić information content (AvgIpc) is 3.13. The SMILES string of the molecule is CC(Oc1ccc(Cl)cc1)C(=O)NN=Cc1ccc(-c2ccc(Br)cc2)o1. The number of carbonyl (C=O) groups is 1. The molecular formula is C20H16BrClN2O3. The first-order valence-corrected chi connectivity index (χ1v) is 9.29. The Labute approximate surface area is 170 Å². The number of ether oxygens (including phenoxy) is 1. The number of nitrogens with zero attached hydrogens (tertiary/aromatic N) is 1. The molecule has 1 aromatic heterocycles. The van der Waals surface area contributed by atoms with Gasteiger partial charge in [0.25, 0.3) is 5.91 Å². The topological polar surface area (TPSA) is 63.8 Å². The zero-order valence-corrected chi connectivity index (χ0v) is 16.7. The van der Waals surface area contributed by atoms with Gasteiger partial charge in [0.05, 0.1) is 6.21 Å². The molecule has 1 atom stereocenters. The lowest BCUT2D eigenvalue weighted by Gasteiger charge is -2.12. The first kappa shape index (κ1) is 19.2. The van der Waals surface area contributed by atoms with E-state index in [0.29, 0.717) is 16.5 Å². The molecule has 0 fully saturated rings. The Bertz CT molecular complexity index is 937. The Kier molecular flexibility index (Phi) is 6.32. The Morgan fingerprint density at radius 1 is 1.15 bits per heavy atom. The van der Waals surface area contributed by atoms with Gasteiger partial charge in [-0.15, -0.1) is 0 Å². The Morgan fingerprint density at radius 3 is 2.56 bits per heavy atom. The van der Waals surface area contributed by atoms with Crippen molar-refractivity contribution in [3.05, 3.63) is 75.9 Å². The van der Waals surface area contributed by atoms with Crippen molar-refractivity contribution in [2.75, 3.05) is 0 Å². The van der Waals surface area contributed by atoms with Gasteiger partial charge in [-0.05, 0) is 55.5 Å². The molecule has 0 saturated carbocycles. The highest BCUT2D eigenvalue weighted by Gasteiger charge is 2.14. The van der Waals surface area contributed by atoms with Gasteiger partial charge in [-0.1, -0.05) is 39.7 Å². The molecule has 3 rings (SSSR count). The Hall–Kier alpha value is -2.57. The monoisotopic (exact) mass is 446 g/mol. The van der Waals surface area contributed by atoms with Crippen molar-refractivity contribution in [3.63, 3.8) is 0 Å². The van der Waals surface area contributed by atoms with Crippen LogP contribution in [0, 0.1) is 0 Å². The molecule has 27 heavy (non-hydrogen) atoms. The maximum absolute atomic E-state index is 12.1. The fourth-order valence-electron chi connectivity index (χ4n) is 2.21. The van der Waals surface area contributed by atoms with E-state index >= 15 is 0 Å². The summed E-state index contributed by atoms with van der Waals surface area (Å²) in [6.45, 7) is 1.64. The van der Waals surface area contributed by atoms with E-state index in [4.69, 9.17) is 20.8 Å². The summed E-state index contributed by atoms with van der Waals surface area (Å²) in [5, 5.41) is 4.51. The van der Waals surface area contributed by atoms with E-state index in [0.717, 1.165) is 15.8 Å². The van der Waals surface area contributed by atoms with Gasteiger partial charge >= 0.3 is 0 Å². The van der Waals surface area contributed by atoms with Crippen LogP contribution in [0.15, 0.2) is 74.7 Å². The summed E-state index contributed by atoms with van der Waals surface area (Å²) >= 11 is 9.22. The number of nitrogens with one attached hydrogen (secondary N) is 1. The number of amides is 1. The van der Waals surface area contributed by atoms with Gasteiger partial charge in [-0.3, -0.25) is 4.79 Å². The minimum atomic E-state index is -0.710. The third-order valence-electron chi connectivity index (χ3n) is 3.62. The van der Waals surface area contributed by atoms with Gasteiger partial charge in [0, 0.05) is 15.1 Å². The number of furan rings is 1. The molecule has 3 aromatic rings. The molecule has 0 bridgehead atoms. The predicted molar refractivity (Wildman–Crippen MR) is 109 cm³/mol. The van der Waals surface area contributed by atoms with Crippen molar-refractivity contribution in [2.24, 2.45) is 5.10 Å². The van der Waals surface area contributed by atoms with Crippen molar-refractivity contribution in [1.29, 1.82) is 0 Å². The second kappa shape index (κ2) is 8.88. The van der Waals surface area contributed by atoms with Crippen molar-refractivity contribution < 1.29 is 13.9 Å². The third-order valence-corrected chi connectivity index (χ3v) is 4.40. The van der Waals surface area contributed by atoms with Crippen LogP contribution in [0.2, 0.25) is 5.02 Å². The molecule has 5 nitrogen and oxygen atoms in total. The zero-order chi connectivity index (χ0) is 19.2. The van der Waals surface area contributed by atoms with E-state index in [2.05, 4.69) is 26.5 Å². The molecule has 0 aliphatic carbocycles. The summed E-state index contributed by atoms with van der Waals surface area (Å²) < 4.78 is 12.2. The van der Waals surface area contributed by atoms with Gasteiger partial charge in [0.15, 0.2) is 6.10 Å². The van der Waals surface area contributed by atoms with E-state index in [1.54, 1.807) is 37.3 Å². The van der Waals surface area contributed by atoms with Crippen molar-refractivity contribution in [3.8, 4) is 17.1 Å². The highest BCUT2D eigenvalue weighted by atomic mass is 79.9. The first-order chi connectivity index (χ1) is 13.0. The van der Waals surface area contributed by atoms with E-state index < -0.39 is 6.10 Å². The van der Waals surface area contributed by atoms with Gasteiger partial charge < -0.3 is 9.15 Å². The molecule has 0 aliphatic heterocycles. The Balaban J connectivity index is 1.54. The fourth-order valence-corrected chi connectivity index (χ4v) is 2.60. The van der Waals surface area contributed by atoms with Crippen LogP contribution >= 0.6 is 27.5 Å². The standard InChI is InChI=1S/C20H16BrClN2O3/c1-13(26-17-8-6-16(22)7-9-17)20(25)24-23-12-18-10-11-19(27-18)14-2-4-15(21)5-3-14/h2-13H,1H3,(H,24,25). The largest absolute Gasteiger partial charge is 0.481 e. The van der Waals surface area contributed by atoms with Crippen LogP contribution in [-0.4, -0.2) is 18.2 Å². The molecular weight excluding hydrogens is 432 g/mol. The van der Waals surface area contributed by atoms with Gasteiger partial charge in [-0.25, -0.2) is 5.43 Å². The van der Waals surface area contributed by atoms with Gasteiger partial charge in [0.1, 0.15) is 17.3 Å². The van der Waals surface area contributed by atoms with E-state index in [-0.39, 0.29) is 5.91 Å². The number of benzene rings is 2. The number of carbonyl (C=O) groups excluding carboxylic acids is 1. The quantitative estimate of drug-likeness (QED) is 0.413. The summed E-state index contributed by atoms with van der Waals surface area (Å²) in [6, 6.07) is 18.2. The third kappa shape index (κ3) is 5.45. The molecule has 0 saturated heterocycles. The van der Waals surface area contributed by atoms with Crippen LogP contribution in [0.3, 0.4) is 0 Å². The van der Waals surface area contributed by atoms with Crippen LogP contribution in [0.5, 0.6) is 5.75 Å². The maximum atomic E-state index is 12.1. The number of hydrogen-bond donors (Lipinski definition) is 1. The molecule has 1 unspecified atom stereocenters. The molecule has 0 aliphatic rings. The van der Waals surface area contributed by atoms with E-state index in [1.807, 2.05) is 30.3 Å². The number of hydrogen-bond acceptors (Lipinski definition) is 4. The lowest BCUT2D eigenvalue weighted by Crippen LogP contribution is -2.33. The summed E-state index contributed by atoms with van der Waals surface area (Å²) in [5.74, 6) is 1.42. The van der Waals surface area contributed by atoms with Crippen LogP contribution < -0.4 is 10.2 Å². The van der Waals surface area contributed by atoms with E-state index in [1.165, 1.54) is 6.21 Å². The van der Waals surface area contributed by atoms with Crippen LogP contribution in [-0.2, 0) is 4.79 Å². The maximum Gasteiger partial charge on any atom is 0.280 e. The van der Waals surface area contributed by atoms with Crippen LogP contribution in [0.1, 0.15) is 12.7 Å². The van der Waals surface area contributed by atoms with Crippen molar-refractivity contribution >= 4 is 39.7 Å². The lowest BCUT2D eigenvalue weighted by atomic mass is 10.2. The summed E-state index contributed by atoms with van der Waals surface area (Å²) in [4.78, 5) is 12.1. The summed E-state index contributed by atoms with van der Waals surface area (Å²) in [7, 11) is 0. The van der Waals surface area contributed by atoms with Crippen molar-refractivity contribution in [1.82, 2.24) is 5.43 Å². The minimum Gasteiger partial charge on any atom is -0.481 e. The van der Waals surface area contributed by atoms with Gasteiger partial charge in [0.2, 0.25) is 0 Å². The zero-order valence-electron chi connectivity index (χ0n) is 14.4. The second-order valence-corrected chi connectivity index (χ2v) is 7.01. The van der Waals surface area contributed by atoms with Crippen LogP contribution in [0.4, 0.5) is 0 Å². The minimum absolute atomic E-state index is 0.374. The average molecular weight is 448 g/mol. The number of halogens is 2. The van der Waals surface area contributed by atoms with E-state index in [9.17, 15) is 4.79 Å². The predicted octanol–water partition coefficient (Wildman–Crippen LogP) is 5.28. The molecule has 1 heterocycles. The van der Waals surface area contributed by atoms with Gasteiger partial charge in [-0.2, -0.15) is 5.10 Å². The molecule has 0 radical (unpaired) electrons. The van der Waals surface area contributed by atoms with Crippen LogP contribution in [0.25, 0.3) is 11.3 Å². The highest BCUT2D eigenvalue weighted by Crippen LogP contribution is 2.23. The fraction of sp³-hybridized carbons (Fsp3) is 0.100. The Morgan fingerprint density at radius 2 is 1.85 bits per heavy atom. The normalized spacial score (nSPS) is 12.1. The highest BCUT2D eigenvalue weighted by molar-refractivity contribution is 9.10. The number of hydrazone groups is 1.